The van der Waals surface area contributed by atoms with E-state index in [1.807, 2.05) is 0 Å². The second-order valence-electron chi connectivity index (χ2n) is 3.58. The maximum atomic E-state index is 11.5. The predicted molar refractivity (Wildman–Crippen MR) is 57.6 cm³/mol. The summed E-state index contributed by atoms with van der Waals surface area (Å²) in [5.41, 5.74) is 5.04. The van der Waals surface area contributed by atoms with Gasteiger partial charge in [0.1, 0.15) is 5.15 Å². The molecular formula is C10H10ClN3O2. The highest BCUT2D eigenvalue weighted by molar-refractivity contribution is 6.29. The SMILES string of the molecule is O=C(NNC(=O)C1CC1)c1ccnc(Cl)c1. The quantitative estimate of drug-likeness (QED) is 0.595. The fourth-order valence-electron chi connectivity index (χ4n) is 1.18. The normalized spacial score (nSPS) is 14.3. The van der Waals surface area contributed by atoms with Gasteiger partial charge in [-0.2, -0.15) is 0 Å². The third-order valence-electron chi connectivity index (χ3n) is 2.24. The van der Waals surface area contributed by atoms with Crippen LogP contribution in [0.3, 0.4) is 0 Å². The Balaban J connectivity index is 1.89. The molecule has 1 fully saturated rings. The zero-order valence-corrected chi connectivity index (χ0v) is 9.12. The maximum Gasteiger partial charge on any atom is 0.269 e. The number of hydrazine groups is 1. The molecule has 1 aromatic rings. The predicted octanol–water partition coefficient (Wildman–Crippen LogP) is 0.906. The minimum atomic E-state index is -0.404. The molecule has 0 aromatic carbocycles. The zero-order chi connectivity index (χ0) is 11.5. The standard InChI is InChI=1S/C10H10ClN3O2/c11-8-5-7(3-4-12-8)10(16)14-13-9(15)6-1-2-6/h3-6H,1-2H2,(H,13,15)(H,14,16). The fraction of sp³-hybridized carbons (Fsp3) is 0.300. The van der Waals surface area contributed by atoms with Crippen LogP contribution in [0.1, 0.15) is 23.2 Å². The van der Waals surface area contributed by atoms with Crippen LogP contribution >= 0.6 is 11.6 Å². The highest BCUT2D eigenvalue weighted by Gasteiger charge is 2.29. The van der Waals surface area contributed by atoms with Gasteiger partial charge in [0.2, 0.25) is 5.91 Å². The summed E-state index contributed by atoms with van der Waals surface area (Å²) in [6, 6.07) is 2.95. The Hall–Kier alpha value is -1.62. The summed E-state index contributed by atoms with van der Waals surface area (Å²) in [5.74, 6) is -0.492. The average Bonchev–Trinajstić information content (AvgIpc) is 3.09. The first kappa shape index (κ1) is 10.9. The molecule has 6 heteroatoms. The Bertz CT molecular complexity index is 432. The molecule has 0 saturated heterocycles. The van der Waals surface area contributed by atoms with E-state index >= 15 is 0 Å². The van der Waals surface area contributed by atoms with Crippen molar-refractivity contribution in [2.75, 3.05) is 0 Å². The number of hydrogen-bond donors (Lipinski definition) is 2. The number of aromatic nitrogens is 1. The summed E-state index contributed by atoms with van der Waals surface area (Å²) in [5, 5.41) is 0.237. The molecule has 0 spiro atoms. The van der Waals surface area contributed by atoms with Crippen LogP contribution in [-0.4, -0.2) is 16.8 Å². The molecule has 1 aliphatic rings. The first-order valence-electron chi connectivity index (χ1n) is 4.88. The lowest BCUT2D eigenvalue weighted by Gasteiger charge is -2.06. The number of amides is 2. The maximum absolute atomic E-state index is 11.5. The number of halogens is 1. The number of pyridine rings is 1. The van der Waals surface area contributed by atoms with Crippen LogP contribution in [0.5, 0.6) is 0 Å². The average molecular weight is 240 g/mol. The van der Waals surface area contributed by atoms with Gasteiger partial charge < -0.3 is 0 Å². The fourth-order valence-corrected chi connectivity index (χ4v) is 1.36. The molecule has 1 saturated carbocycles. The van der Waals surface area contributed by atoms with Crippen molar-refractivity contribution in [3.63, 3.8) is 0 Å². The van der Waals surface area contributed by atoms with Crippen molar-refractivity contribution >= 4 is 23.4 Å². The van der Waals surface area contributed by atoms with Crippen molar-refractivity contribution < 1.29 is 9.59 Å². The van der Waals surface area contributed by atoms with E-state index in [1.54, 1.807) is 0 Å². The van der Waals surface area contributed by atoms with Gasteiger partial charge in [0.25, 0.3) is 5.91 Å². The lowest BCUT2D eigenvalue weighted by Crippen LogP contribution is -2.42. The first-order valence-corrected chi connectivity index (χ1v) is 5.26. The molecule has 1 aliphatic carbocycles. The molecule has 1 heterocycles. The summed E-state index contributed by atoms with van der Waals surface area (Å²) in [6.45, 7) is 0. The van der Waals surface area contributed by atoms with Crippen LogP contribution in [0.2, 0.25) is 5.15 Å². The topological polar surface area (TPSA) is 71.1 Å². The van der Waals surface area contributed by atoms with Crippen LogP contribution in [0.4, 0.5) is 0 Å². The van der Waals surface area contributed by atoms with Gasteiger partial charge in [-0.25, -0.2) is 4.98 Å². The van der Waals surface area contributed by atoms with Gasteiger partial charge in [-0.1, -0.05) is 11.6 Å². The van der Waals surface area contributed by atoms with Crippen molar-refractivity contribution in [2.24, 2.45) is 5.92 Å². The Morgan fingerprint density at radius 1 is 1.38 bits per heavy atom. The molecule has 0 bridgehead atoms. The minimum absolute atomic E-state index is 0.0568. The second kappa shape index (κ2) is 4.49. The number of hydrogen-bond acceptors (Lipinski definition) is 3. The van der Waals surface area contributed by atoms with Crippen molar-refractivity contribution in [2.45, 2.75) is 12.8 Å². The summed E-state index contributed by atoms with van der Waals surface area (Å²) >= 11 is 5.63. The van der Waals surface area contributed by atoms with Crippen LogP contribution < -0.4 is 10.9 Å². The second-order valence-corrected chi connectivity index (χ2v) is 3.97. The van der Waals surface area contributed by atoms with Gasteiger partial charge in [-0.05, 0) is 25.0 Å². The minimum Gasteiger partial charge on any atom is -0.273 e. The first-order chi connectivity index (χ1) is 7.66. The molecule has 2 N–H and O–H groups in total. The van der Waals surface area contributed by atoms with Gasteiger partial charge in [0.05, 0.1) is 0 Å². The van der Waals surface area contributed by atoms with E-state index in [1.165, 1.54) is 18.3 Å². The van der Waals surface area contributed by atoms with E-state index in [2.05, 4.69) is 15.8 Å². The molecule has 0 aliphatic heterocycles. The third-order valence-corrected chi connectivity index (χ3v) is 2.44. The number of nitrogens with zero attached hydrogens (tertiary/aromatic N) is 1. The van der Waals surface area contributed by atoms with Gasteiger partial charge in [0.15, 0.2) is 0 Å². The summed E-state index contributed by atoms with van der Waals surface area (Å²) in [4.78, 5) is 26.5. The monoisotopic (exact) mass is 239 g/mol. The zero-order valence-electron chi connectivity index (χ0n) is 8.37. The van der Waals surface area contributed by atoms with Crippen molar-refractivity contribution in [3.05, 3.63) is 29.0 Å². The molecule has 0 atom stereocenters. The molecule has 0 unspecified atom stereocenters. The number of carbonyl (C=O) groups is 2. The van der Waals surface area contributed by atoms with E-state index in [0.717, 1.165) is 12.8 Å². The van der Waals surface area contributed by atoms with Gasteiger partial charge in [0, 0.05) is 17.7 Å². The highest BCUT2D eigenvalue weighted by Crippen LogP contribution is 2.28. The molecule has 16 heavy (non-hydrogen) atoms. The third kappa shape index (κ3) is 2.70. The number of nitrogens with one attached hydrogen (secondary N) is 2. The molecule has 84 valence electrons. The molecule has 2 rings (SSSR count). The van der Waals surface area contributed by atoms with E-state index < -0.39 is 5.91 Å². The van der Waals surface area contributed by atoms with E-state index in [-0.39, 0.29) is 17.0 Å². The van der Waals surface area contributed by atoms with Gasteiger partial charge in [-0.3, -0.25) is 20.4 Å². The smallest absolute Gasteiger partial charge is 0.269 e. The highest BCUT2D eigenvalue weighted by atomic mass is 35.5. The lowest BCUT2D eigenvalue weighted by atomic mass is 10.2. The van der Waals surface area contributed by atoms with Crippen LogP contribution in [-0.2, 0) is 4.79 Å². The number of carbonyl (C=O) groups excluding carboxylic acids is 2. The van der Waals surface area contributed by atoms with Crippen molar-refractivity contribution in [3.8, 4) is 0 Å². The van der Waals surface area contributed by atoms with Crippen molar-refractivity contribution in [1.29, 1.82) is 0 Å². The molecule has 2 amide bonds. The Labute approximate surface area is 97.2 Å². The van der Waals surface area contributed by atoms with Crippen LogP contribution in [0.15, 0.2) is 18.3 Å². The molecule has 1 aromatic heterocycles. The van der Waals surface area contributed by atoms with E-state index in [4.69, 9.17) is 11.6 Å². The Morgan fingerprint density at radius 2 is 2.12 bits per heavy atom. The Morgan fingerprint density at radius 3 is 2.75 bits per heavy atom. The summed E-state index contributed by atoms with van der Waals surface area (Å²) in [7, 11) is 0. The lowest BCUT2D eigenvalue weighted by molar-refractivity contribution is -0.123. The summed E-state index contributed by atoms with van der Waals surface area (Å²) in [6.07, 6.45) is 3.21. The molecular weight excluding hydrogens is 230 g/mol. The largest absolute Gasteiger partial charge is 0.273 e. The van der Waals surface area contributed by atoms with E-state index in [0.29, 0.717) is 5.56 Å². The van der Waals surface area contributed by atoms with Crippen LogP contribution in [0, 0.1) is 5.92 Å². The number of rotatable bonds is 2. The van der Waals surface area contributed by atoms with Gasteiger partial charge in [-0.15, -0.1) is 0 Å². The van der Waals surface area contributed by atoms with Crippen molar-refractivity contribution in [1.82, 2.24) is 15.8 Å². The summed E-state index contributed by atoms with van der Waals surface area (Å²) < 4.78 is 0. The van der Waals surface area contributed by atoms with Crippen LogP contribution in [0.25, 0.3) is 0 Å². The van der Waals surface area contributed by atoms with Gasteiger partial charge >= 0.3 is 0 Å². The van der Waals surface area contributed by atoms with E-state index in [9.17, 15) is 9.59 Å². The molecule has 0 radical (unpaired) electrons. The molecule has 5 nitrogen and oxygen atoms in total. The Kier molecular flexibility index (Phi) is 3.05.